The molecule has 0 bridgehead atoms. The van der Waals surface area contributed by atoms with Crippen molar-refractivity contribution >= 4 is 5.91 Å². The molecule has 3 rings (SSSR count). The van der Waals surface area contributed by atoms with E-state index in [0.29, 0.717) is 80.4 Å². The van der Waals surface area contributed by atoms with Crippen LogP contribution < -0.4 is 23.7 Å². The second-order valence-corrected chi connectivity index (χ2v) is 6.86. The lowest BCUT2D eigenvalue weighted by atomic mass is 10.1. The molecule has 7 heteroatoms. The summed E-state index contributed by atoms with van der Waals surface area (Å²) in [6, 6.07) is 9.20. The zero-order valence-corrected chi connectivity index (χ0v) is 18.7. The summed E-state index contributed by atoms with van der Waals surface area (Å²) in [6.45, 7) is 11.0. The standard InChI is InChI=1S/C24H31NO6/c1-5-25(16-17-10-9-11-19-22(17)31-13-12-30-19)24(26)18-14-20(27-6-2)23(29-8-4)21(15-18)28-7-3/h9-11,14-15H,5-8,12-13,16H2,1-4H3. The number of nitrogens with zero attached hydrogens (tertiary/aromatic N) is 1. The Bertz CT molecular complexity index is 871. The first-order chi connectivity index (χ1) is 15.1. The van der Waals surface area contributed by atoms with E-state index in [0.717, 1.165) is 5.56 Å². The molecule has 2 aromatic rings. The fraction of sp³-hybridized carbons (Fsp3) is 0.458. The fourth-order valence-electron chi connectivity index (χ4n) is 3.49. The third kappa shape index (κ3) is 5.16. The molecule has 1 aliphatic heterocycles. The highest BCUT2D eigenvalue weighted by molar-refractivity contribution is 5.95. The molecule has 0 saturated heterocycles. The molecule has 168 valence electrons. The Labute approximate surface area is 183 Å². The molecule has 1 aliphatic rings. The number of para-hydroxylation sites is 1. The van der Waals surface area contributed by atoms with Crippen molar-refractivity contribution in [3.8, 4) is 28.7 Å². The summed E-state index contributed by atoms with van der Waals surface area (Å²) < 4.78 is 28.8. The summed E-state index contributed by atoms with van der Waals surface area (Å²) in [6.07, 6.45) is 0. The third-order valence-corrected chi connectivity index (χ3v) is 4.83. The van der Waals surface area contributed by atoms with Crippen LogP contribution in [0.5, 0.6) is 28.7 Å². The lowest BCUT2D eigenvalue weighted by molar-refractivity contribution is 0.0748. The average Bonchev–Trinajstić information content (AvgIpc) is 2.79. The molecule has 7 nitrogen and oxygen atoms in total. The van der Waals surface area contributed by atoms with E-state index in [1.165, 1.54) is 0 Å². The predicted octanol–water partition coefficient (Wildman–Crippen LogP) is 4.32. The first-order valence-corrected chi connectivity index (χ1v) is 10.9. The van der Waals surface area contributed by atoms with Gasteiger partial charge < -0.3 is 28.6 Å². The van der Waals surface area contributed by atoms with E-state index in [4.69, 9.17) is 23.7 Å². The molecular weight excluding hydrogens is 398 g/mol. The smallest absolute Gasteiger partial charge is 0.254 e. The lowest BCUT2D eigenvalue weighted by Gasteiger charge is -2.26. The Morgan fingerprint density at radius 3 is 2.19 bits per heavy atom. The van der Waals surface area contributed by atoms with Gasteiger partial charge in [0.05, 0.1) is 19.8 Å². The molecule has 0 atom stereocenters. The fourth-order valence-corrected chi connectivity index (χ4v) is 3.49. The van der Waals surface area contributed by atoms with Crippen molar-refractivity contribution in [3.63, 3.8) is 0 Å². The molecule has 0 fully saturated rings. The van der Waals surface area contributed by atoms with Gasteiger partial charge in [-0.05, 0) is 45.9 Å². The molecule has 0 saturated carbocycles. The van der Waals surface area contributed by atoms with Gasteiger partial charge in [0.2, 0.25) is 5.75 Å². The molecule has 0 aliphatic carbocycles. The molecule has 0 radical (unpaired) electrons. The average molecular weight is 430 g/mol. The Hall–Kier alpha value is -3.09. The topological polar surface area (TPSA) is 66.5 Å². The zero-order chi connectivity index (χ0) is 22.2. The Morgan fingerprint density at radius 2 is 1.58 bits per heavy atom. The Balaban J connectivity index is 1.92. The molecule has 31 heavy (non-hydrogen) atoms. The monoisotopic (exact) mass is 429 g/mol. The summed E-state index contributed by atoms with van der Waals surface area (Å²) >= 11 is 0. The Morgan fingerprint density at radius 1 is 0.935 bits per heavy atom. The van der Waals surface area contributed by atoms with Crippen molar-refractivity contribution in [1.29, 1.82) is 0 Å². The molecule has 2 aromatic carbocycles. The van der Waals surface area contributed by atoms with Crippen LogP contribution in [-0.4, -0.2) is 50.4 Å². The maximum atomic E-state index is 13.4. The van der Waals surface area contributed by atoms with Gasteiger partial charge in [-0.25, -0.2) is 0 Å². The molecule has 1 amide bonds. The summed E-state index contributed by atoms with van der Waals surface area (Å²) in [5.41, 5.74) is 1.40. The zero-order valence-electron chi connectivity index (χ0n) is 18.7. The van der Waals surface area contributed by atoms with Crippen LogP contribution >= 0.6 is 0 Å². The van der Waals surface area contributed by atoms with Crippen LogP contribution in [0.2, 0.25) is 0 Å². The van der Waals surface area contributed by atoms with Crippen LogP contribution in [0.25, 0.3) is 0 Å². The second-order valence-electron chi connectivity index (χ2n) is 6.86. The first kappa shape index (κ1) is 22.6. The maximum Gasteiger partial charge on any atom is 0.254 e. The summed E-state index contributed by atoms with van der Waals surface area (Å²) in [5.74, 6) is 2.82. The van der Waals surface area contributed by atoms with Gasteiger partial charge in [0.25, 0.3) is 5.91 Å². The number of benzene rings is 2. The third-order valence-electron chi connectivity index (χ3n) is 4.83. The normalized spacial score (nSPS) is 12.3. The number of carbonyl (C=O) groups is 1. The number of ether oxygens (including phenoxy) is 5. The van der Waals surface area contributed by atoms with Crippen molar-refractivity contribution in [1.82, 2.24) is 4.90 Å². The van der Waals surface area contributed by atoms with Gasteiger partial charge in [0, 0.05) is 24.2 Å². The van der Waals surface area contributed by atoms with E-state index in [1.54, 1.807) is 17.0 Å². The highest BCUT2D eigenvalue weighted by Crippen LogP contribution is 2.40. The Kier molecular flexibility index (Phi) is 7.87. The summed E-state index contributed by atoms with van der Waals surface area (Å²) in [5, 5.41) is 0. The van der Waals surface area contributed by atoms with E-state index >= 15 is 0 Å². The van der Waals surface area contributed by atoms with Gasteiger partial charge in [-0.1, -0.05) is 12.1 Å². The first-order valence-electron chi connectivity index (χ1n) is 10.9. The van der Waals surface area contributed by atoms with E-state index < -0.39 is 0 Å². The van der Waals surface area contributed by atoms with E-state index in [-0.39, 0.29) is 5.91 Å². The number of carbonyl (C=O) groups excluding carboxylic acids is 1. The maximum absolute atomic E-state index is 13.4. The number of hydrogen-bond donors (Lipinski definition) is 0. The SMILES string of the molecule is CCOc1cc(C(=O)N(CC)Cc2cccc3c2OCCO3)cc(OCC)c1OCC. The van der Waals surface area contributed by atoms with E-state index in [2.05, 4.69) is 0 Å². The summed E-state index contributed by atoms with van der Waals surface area (Å²) in [4.78, 5) is 15.2. The second kappa shape index (κ2) is 10.8. The van der Waals surface area contributed by atoms with Crippen LogP contribution in [0.4, 0.5) is 0 Å². The number of fused-ring (bicyclic) bond motifs is 1. The number of amides is 1. The molecule has 0 unspecified atom stereocenters. The number of hydrogen-bond acceptors (Lipinski definition) is 6. The predicted molar refractivity (Wildman–Crippen MR) is 118 cm³/mol. The highest BCUT2D eigenvalue weighted by Gasteiger charge is 2.23. The van der Waals surface area contributed by atoms with Gasteiger partial charge >= 0.3 is 0 Å². The van der Waals surface area contributed by atoms with E-state index in [9.17, 15) is 4.79 Å². The largest absolute Gasteiger partial charge is 0.490 e. The van der Waals surface area contributed by atoms with Crippen LogP contribution in [-0.2, 0) is 6.54 Å². The van der Waals surface area contributed by atoms with Crippen molar-refractivity contribution < 1.29 is 28.5 Å². The van der Waals surface area contributed by atoms with Gasteiger partial charge in [-0.3, -0.25) is 4.79 Å². The summed E-state index contributed by atoms with van der Waals surface area (Å²) in [7, 11) is 0. The quantitative estimate of drug-likeness (QED) is 0.561. The van der Waals surface area contributed by atoms with Gasteiger partial charge in [-0.2, -0.15) is 0 Å². The van der Waals surface area contributed by atoms with E-state index in [1.807, 2.05) is 45.9 Å². The van der Waals surface area contributed by atoms with Gasteiger partial charge in [-0.15, -0.1) is 0 Å². The van der Waals surface area contributed by atoms with Crippen molar-refractivity contribution in [2.75, 3.05) is 39.6 Å². The van der Waals surface area contributed by atoms with Crippen molar-refractivity contribution in [2.45, 2.75) is 34.2 Å². The minimum absolute atomic E-state index is 0.123. The minimum Gasteiger partial charge on any atom is -0.490 e. The van der Waals surface area contributed by atoms with Crippen molar-refractivity contribution in [2.24, 2.45) is 0 Å². The van der Waals surface area contributed by atoms with Gasteiger partial charge in [0.15, 0.2) is 23.0 Å². The van der Waals surface area contributed by atoms with Crippen LogP contribution in [0.1, 0.15) is 43.6 Å². The molecule has 0 spiro atoms. The molecule has 0 aromatic heterocycles. The van der Waals surface area contributed by atoms with Crippen LogP contribution in [0.15, 0.2) is 30.3 Å². The van der Waals surface area contributed by atoms with Crippen molar-refractivity contribution in [3.05, 3.63) is 41.5 Å². The minimum atomic E-state index is -0.123. The molecule has 0 N–H and O–H groups in total. The lowest BCUT2D eigenvalue weighted by Crippen LogP contribution is -2.31. The number of rotatable bonds is 10. The molecule has 1 heterocycles. The van der Waals surface area contributed by atoms with Crippen LogP contribution in [0.3, 0.4) is 0 Å². The molecular formula is C24H31NO6. The highest BCUT2D eigenvalue weighted by atomic mass is 16.6. The van der Waals surface area contributed by atoms with Gasteiger partial charge in [0.1, 0.15) is 13.2 Å². The van der Waals surface area contributed by atoms with Crippen LogP contribution in [0, 0.1) is 0 Å².